The first kappa shape index (κ1) is 17.5. The number of rotatable bonds is 6. The molecule has 0 aromatic heterocycles. The van der Waals surface area contributed by atoms with Crippen molar-refractivity contribution < 1.29 is 19.0 Å². The first-order valence-corrected chi connectivity index (χ1v) is 7.45. The van der Waals surface area contributed by atoms with Crippen LogP contribution in [-0.2, 0) is 6.54 Å². The van der Waals surface area contributed by atoms with Crippen molar-refractivity contribution in [1.82, 2.24) is 4.90 Å². The van der Waals surface area contributed by atoms with E-state index in [1.807, 2.05) is 42.5 Å². The van der Waals surface area contributed by atoms with Crippen molar-refractivity contribution in [3.05, 3.63) is 48.0 Å². The molecule has 0 saturated carbocycles. The lowest BCUT2D eigenvalue weighted by molar-refractivity contribution is 0.220. The van der Waals surface area contributed by atoms with Gasteiger partial charge in [-0.3, -0.25) is 0 Å². The Bertz CT molecular complexity index is 664. The molecule has 0 aliphatic heterocycles. The van der Waals surface area contributed by atoms with E-state index in [1.165, 1.54) is 0 Å². The molecule has 0 bridgehead atoms. The summed E-state index contributed by atoms with van der Waals surface area (Å²) in [5, 5.41) is 2.84. The molecular weight excluding hydrogens is 308 g/mol. The second-order valence-corrected chi connectivity index (χ2v) is 5.19. The Morgan fingerprint density at radius 2 is 1.58 bits per heavy atom. The minimum atomic E-state index is -0.199. The number of anilines is 1. The number of nitrogens with zero attached hydrogens (tertiary/aromatic N) is 1. The van der Waals surface area contributed by atoms with Crippen LogP contribution in [0.2, 0.25) is 0 Å². The van der Waals surface area contributed by atoms with E-state index in [9.17, 15) is 4.79 Å². The van der Waals surface area contributed by atoms with Gasteiger partial charge in [0.25, 0.3) is 0 Å². The van der Waals surface area contributed by atoms with Crippen LogP contribution in [0.1, 0.15) is 5.56 Å². The maximum absolute atomic E-state index is 12.3. The van der Waals surface area contributed by atoms with Gasteiger partial charge in [-0.2, -0.15) is 0 Å². The van der Waals surface area contributed by atoms with Gasteiger partial charge in [0.15, 0.2) is 11.5 Å². The molecule has 0 spiro atoms. The van der Waals surface area contributed by atoms with Gasteiger partial charge >= 0.3 is 6.03 Å². The van der Waals surface area contributed by atoms with E-state index >= 15 is 0 Å². The quantitative estimate of drug-likeness (QED) is 0.882. The lowest BCUT2D eigenvalue weighted by atomic mass is 10.1. The van der Waals surface area contributed by atoms with Crippen LogP contribution in [0, 0.1) is 0 Å². The number of carbonyl (C=O) groups is 1. The van der Waals surface area contributed by atoms with Gasteiger partial charge in [-0.05, 0) is 29.8 Å². The molecule has 24 heavy (non-hydrogen) atoms. The van der Waals surface area contributed by atoms with Gasteiger partial charge in [-0.15, -0.1) is 0 Å². The van der Waals surface area contributed by atoms with Gasteiger partial charge in [-0.1, -0.05) is 18.2 Å². The van der Waals surface area contributed by atoms with Crippen LogP contribution in [0.15, 0.2) is 42.5 Å². The van der Waals surface area contributed by atoms with Crippen LogP contribution in [0.5, 0.6) is 17.2 Å². The fourth-order valence-electron chi connectivity index (χ4n) is 2.31. The summed E-state index contributed by atoms with van der Waals surface area (Å²) < 4.78 is 16.0. The fraction of sp³-hybridized carbons (Fsp3) is 0.278. The van der Waals surface area contributed by atoms with Crippen LogP contribution in [0.3, 0.4) is 0 Å². The van der Waals surface area contributed by atoms with E-state index in [-0.39, 0.29) is 6.03 Å². The summed E-state index contributed by atoms with van der Waals surface area (Å²) in [6, 6.07) is 12.8. The van der Waals surface area contributed by atoms with Crippen molar-refractivity contribution in [2.75, 3.05) is 33.7 Å². The SMILES string of the molecule is COc1cc(CN(C)C(=O)Nc2ccccc2)cc(OC)c1OC. The molecule has 128 valence electrons. The van der Waals surface area contributed by atoms with E-state index in [0.717, 1.165) is 11.3 Å². The van der Waals surface area contributed by atoms with Crippen molar-refractivity contribution in [1.29, 1.82) is 0 Å². The summed E-state index contributed by atoms with van der Waals surface area (Å²) in [7, 11) is 6.40. The third kappa shape index (κ3) is 4.10. The highest BCUT2D eigenvalue weighted by molar-refractivity contribution is 5.89. The van der Waals surface area contributed by atoms with Crippen molar-refractivity contribution in [3.8, 4) is 17.2 Å². The molecule has 0 radical (unpaired) electrons. The maximum atomic E-state index is 12.3. The molecule has 0 unspecified atom stereocenters. The molecule has 2 aromatic carbocycles. The van der Waals surface area contributed by atoms with E-state index in [2.05, 4.69) is 5.32 Å². The predicted octanol–water partition coefficient (Wildman–Crippen LogP) is 3.38. The average Bonchev–Trinajstić information content (AvgIpc) is 2.61. The van der Waals surface area contributed by atoms with E-state index < -0.39 is 0 Å². The molecule has 2 rings (SSSR count). The summed E-state index contributed by atoms with van der Waals surface area (Å²) in [4.78, 5) is 13.9. The minimum absolute atomic E-state index is 0.199. The largest absolute Gasteiger partial charge is 0.493 e. The summed E-state index contributed by atoms with van der Waals surface area (Å²) in [6.45, 7) is 0.398. The Hall–Kier alpha value is -2.89. The summed E-state index contributed by atoms with van der Waals surface area (Å²) in [5.74, 6) is 1.65. The number of benzene rings is 2. The number of para-hydroxylation sites is 1. The minimum Gasteiger partial charge on any atom is -0.493 e. The standard InChI is InChI=1S/C18H22N2O4/c1-20(18(21)19-14-8-6-5-7-9-14)12-13-10-15(22-2)17(24-4)16(11-13)23-3/h5-11H,12H2,1-4H3,(H,19,21). The number of carbonyl (C=O) groups excluding carboxylic acids is 1. The number of methoxy groups -OCH3 is 3. The van der Waals surface area contributed by atoms with Gasteiger partial charge in [0.05, 0.1) is 21.3 Å². The zero-order chi connectivity index (χ0) is 17.5. The molecule has 0 aliphatic rings. The second kappa shape index (κ2) is 8.10. The number of amides is 2. The van der Waals surface area contributed by atoms with Gasteiger partial charge < -0.3 is 24.4 Å². The number of urea groups is 1. The third-order valence-electron chi connectivity index (χ3n) is 3.52. The molecule has 0 saturated heterocycles. The molecule has 0 heterocycles. The van der Waals surface area contributed by atoms with Gasteiger partial charge in [0.1, 0.15) is 0 Å². The monoisotopic (exact) mass is 330 g/mol. The Morgan fingerprint density at radius 3 is 2.08 bits per heavy atom. The molecule has 2 amide bonds. The van der Waals surface area contributed by atoms with Crippen molar-refractivity contribution in [2.24, 2.45) is 0 Å². The normalized spacial score (nSPS) is 10.0. The molecule has 6 nitrogen and oxygen atoms in total. The smallest absolute Gasteiger partial charge is 0.321 e. The summed E-state index contributed by atoms with van der Waals surface area (Å²) >= 11 is 0. The highest BCUT2D eigenvalue weighted by Crippen LogP contribution is 2.38. The average molecular weight is 330 g/mol. The Labute approximate surface area is 141 Å². The first-order chi connectivity index (χ1) is 11.6. The van der Waals surface area contributed by atoms with Gasteiger partial charge in [0.2, 0.25) is 5.75 Å². The first-order valence-electron chi connectivity index (χ1n) is 7.45. The number of hydrogen-bond donors (Lipinski definition) is 1. The van der Waals surface area contributed by atoms with Crippen LogP contribution < -0.4 is 19.5 Å². The molecular formula is C18H22N2O4. The Balaban J connectivity index is 2.13. The third-order valence-corrected chi connectivity index (χ3v) is 3.52. The maximum Gasteiger partial charge on any atom is 0.321 e. The molecule has 0 fully saturated rings. The Morgan fingerprint density at radius 1 is 1.00 bits per heavy atom. The van der Waals surface area contributed by atoms with Crippen LogP contribution in [0.4, 0.5) is 10.5 Å². The zero-order valence-corrected chi connectivity index (χ0v) is 14.3. The molecule has 0 atom stereocenters. The van der Waals surface area contributed by atoms with Crippen molar-refractivity contribution in [3.63, 3.8) is 0 Å². The van der Waals surface area contributed by atoms with Gasteiger partial charge in [0, 0.05) is 19.3 Å². The summed E-state index contributed by atoms with van der Waals surface area (Å²) in [6.07, 6.45) is 0. The second-order valence-electron chi connectivity index (χ2n) is 5.19. The summed E-state index contributed by atoms with van der Waals surface area (Å²) in [5.41, 5.74) is 1.62. The lowest BCUT2D eigenvalue weighted by Gasteiger charge is -2.20. The number of nitrogens with one attached hydrogen (secondary N) is 1. The van der Waals surface area contributed by atoms with E-state index in [0.29, 0.717) is 23.8 Å². The lowest BCUT2D eigenvalue weighted by Crippen LogP contribution is -2.30. The number of ether oxygens (including phenoxy) is 3. The number of hydrogen-bond acceptors (Lipinski definition) is 4. The van der Waals surface area contributed by atoms with Crippen LogP contribution in [0.25, 0.3) is 0 Å². The fourth-order valence-corrected chi connectivity index (χ4v) is 2.31. The molecule has 6 heteroatoms. The zero-order valence-electron chi connectivity index (χ0n) is 14.3. The van der Waals surface area contributed by atoms with Gasteiger partial charge in [-0.25, -0.2) is 4.79 Å². The highest BCUT2D eigenvalue weighted by atomic mass is 16.5. The van der Waals surface area contributed by atoms with Crippen LogP contribution >= 0.6 is 0 Å². The highest BCUT2D eigenvalue weighted by Gasteiger charge is 2.16. The topological polar surface area (TPSA) is 60.0 Å². The predicted molar refractivity (Wildman–Crippen MR) is 93.0 cm³/mol. The van der Waals surface area contributed by atoms with Crippen molar-refractivity contribution >= 4 is 11.7 Å². The molecule has 0 aliphatic carbocycles. The Kier molecular flexibility index (Phi) is 5.89. The molecule has 2 aromatic rings. The van der Waals surface area contributed by atoms with E-state index in [1.54, 1.807) is 33.3 Å². The van der Waals surface area contributed by atoms with Crippen LogP contribution in [-0.4, -0.2) is 39.3 Å². The van der Waals surface area contributed by atoms with E-state index in [4.69, 9.17) is 14.2 Å². The van der Waals surface area contributed by atoms with Crippen molar-refractivity contribution in [2.45, 2.75) is 6.54 Å². The molecule has 1 N–H and O–H groups in total.